The summed E-state index contributed by atoms with van der Waals surface area (Å²) in [5.74, 6) is -1.09. The highest BCUT2D eigenvalue weighted by Crippen LogP contribution is 2.28. The van der Waals surface area contributed by atoms with E-state index in [1.165, 1.54) is 18.2 Å². The Bertz CT molecular complexity index is 1160. The van der Waals surface area contributed by atoms with Gasteiger partial charge in [-0.2, -0.15) is 0 Å². The fourth-order valence-corrected chi connectivity index (χ4v) is 2.99. The molecule has 134 valence electrons. The summed E-state index contributed by atoms with van der Waals surface area (Å²) >= 11 is 5.90. The normalized spacial score (nSPS) is 10.9. The first-order valence-corrected chi connectivity index (χ1v) is 8.49. The number of nitrogens with one attached hydrogen (secondary N) is 1. The number of amides is 1. The Balaban J connectivity index is 1.83. The van der Waals surface area contributed by atoms with Crippen LogP contribution in [0.15, 0.2) is 59.1 Å². The predicted octanol–water partition coefficient (Wildman–Crippen LogP) is 5.24. The summed E-state index contributed by atoms with van der Waals surface area (Å²) in [6, 6.07) is 15.0. The number of halogens is 2. The van der Waals surface area contributed by atoms with Crippen molar-refractivity contribution < 1.29 is 13.7 Å². The van der Waals surface area contributed by atoms with Gasteiger partial charge in [0.2, 0.25) is 0 Å². The molecule has 0 spiro atoms. The van der Waals surface area contributed by atoms with Crippen LogP contribution in [0.5, 0.6) is 0 Å². The lowest BCUT2D eigenvalue weighted by molar-refractivity contribution is 0.102. The molecule has 0 aliphatic carbocycles. The van der Waals surface area contributed by atoms with Crippen LogP contribution in [0.2, 0.25) is 5.02 Å². The van der Waals surface area contributed by atoms with Crippen molar-refractivity contribution in [1.82, 2.24) is 10.1 Å². The summed E-state index contributed by atoms with van der Waals surface area (Å²) in [5.41, 5.74) is 2.41. The van der Waals surface area contributed by atoms with Crippen molar-refractivity contribution >= 4 is 34.3 Å². The molecule has 1 amide bonds. The van der Waals surface area contributed by atoms with Crippen molar-refractivity contribution in [2.24, 2.45) is 0 Å². The van der Waals surface area contributed by atoms with Gasteiger partial charge in [-0.15, -0.1) is 0 Å². The molecule has 0 radical (unpaired) electrons. The fourth-order valence-electron chi connectivity index (χ4n) is 2.81. The fraction of sp³-hybridized carbons (Fsp3) is 0.0500. The summed E-state index contributed by atoms with van der Waals surface area (Å²) in [7, 11) is 0. The minimum Gasteiger partial charge on any atom is -0.335 e. The minimum absolute atomic E-state index is 0.00664. The van der Waals surface area contributed by atoms with E-state index >= 15 is 0 Å². The van der Waals surface area contributed by atoms with Crippen LogP contribution in [0.25, 0.3) is 22.4 Å². The summed E-state index contributed by atoms with van der Waals surface area (Å²) < 4.78 is 19.3. The number of carbonyl (C=O) groups excluding carboxylic acids is 1. The zero-order valence-electron chi connectivity index (χ0n) is 14.2. The Morgan fingerprint density at radius 2 is 1.93 bits per heavy atom. The third kappa shape index (κ3) is 3.27. The Hall–Kier alpha value is -3.25. The van der Waals surface area contributed by atoms with Crippen molar-refractivity contribution in [3.8, 4) is 11.3 Å². The standard InChI is InChI=1S/C20H13ClFN3O2/c1-11-18-14(19(26)23-17-9-13(21)7-8-15(17)22)10-16(24-20(18)27-25-11)12-5-3-2-4-6-12/h2-10H,1H3,(H,23,26). The number of fused-ring (bicyclic) bond motifs is 1. The lowest BCUT2D eigenvalue weighted by Gasteiger charge is -2.09. The molecule has 4 rings (SSSR count). The first-order valence-electron chi connectivity index (χ1n) is 8.12. The Morgan fingerprint density at radius 3 is 2.70 bits per heavy atom. The Morgan fingerprint density at radius 1 is 1.15 bits per heavy atom. The molecule has 0 aliphatic heterocycles. The van der Waals surface area contributed by atoms with Crippen LogP contribution < -0.4 is 5.32 Å². The van der Waals surface area contributed by atoms with Crippen molar-refractivity contribution in [3.05, 3.63) is 76.7 Å². The molecule has 7 heteroatoms. The molecule has 2 heterocycles. The second kappa shape index (κ2) is 6.81. The number of hydrogen-bond acceptors (Lipinski definition) is 4. The maximum Gasteiger partial charge on any atom is 0.259 e. The van der Waals surface area contributed by atoms with Gasteiger partial charge in [0.05, 0.1) is 28.0 Å². The molecular weight excluding hydrogens is 369 g/mol. The van der Waals surface area contributed by atoms with Crippen molar-refractivity contribution in [2.45, 2.75) is 6.92 Å². The van der Waals surface area contributed by atoms with Gasteiger partial charge in [-0.1, -0.05) is 47.1 Å². The van der Waals surface area contributed by atoms with Crippen molar-refractivity contribution in [3.63, 3.8) is 0 Å². The average Bonchev–Trinajstić information content (AvgIpc) is 3.05. The first kappa shape index (κ1) is 17.2. The molecule has 27 heavy (non-hydrogen) atoms. The van der Waals surface area contributed by atoms with E-state index in [-0.39, 0.29) is 17.0 Å². The topological polar surface area (TPSA) is 68.0 Å². The SMILES string of the molecule is Cc1noc2nc(-c3ccccc3)cc(C(=O)Nc3cc(Cl)ccc3F)c12. The summed E-state index contributed by atoms with van der Waals surface area (Å²) in [4.78, 5) is 17.4. The van der Waals surface area contributed by atoms with Crippen LogP contribution in [0.3, 0.4) is 0 Å². The number of anilines is 1. The van der Waals surface area contributed by atoms with Crippen LogP contribution in [0, 0.1) is 12.7 Å². The van der Waals surface area contributed by atoms with Gasteiger partial charge in [-0.3, -0.25) is 4.79 Å². The molecule has 1 N–H and O–H groups in total. The number of aromatic nitrogens is 2. The molecule has 0 fully saturated rings. The zero-order chi connectivity index (χ0) is 19.0. The summed E-state index contributed by atoms with van der Waals surface area (Å²) in [6.07, 6.45) is 0. The number of rotatable bonds is 3. The maximum absolute atomic E-state index is 14.0. The van der Waals surface area contributed by atoms with E-state index in [1.807, 2.05) is 30.3 Å². The highest BCUT2D eigenvalue weighted by Gasteiger charge is 2.20. The molecule has 0 unspecified atom stereocenters. The van der Waals surface area contributed by atoms with E-state index in [2.05, 4.69) is 15.5 Å². The van der Waals surface area contributed by atoms with E-state index in [4.69, 9.17) is 16.1 Å². The molecule has 2 aromatic carbocycles. The van der Waals surface area contributed by atoms with Gasteiger partial charge >= 0.3 is 0 Å². The molecule has 0 saturated heterocycles. The van der Waals surface area contributed by atoms with E-state index in [0.29, 0.717) is 21.8 Å². The van der Waals surface area contributed by atoms with E-state index in [0.717, 1.165) is 5.56 Å². The average molecular weight is 382 g/mol. The highest BCUT2D eigenvalue weighted by atomic mass is 35.5. The lowest BCUT2D eigenvalue weighted by atomic mass is 10.0. The number of aryl methyl sites for hydroxylation is 1. The molecular formula is C20H13ClFN3O2. The minimum atomic E-state index is -0.580. The van der Waals surface area contributed by atoms with Crippen molar-refractivity contribution in [1.29, 1.82) is 0 Å². The molecule has 0 saturated carbocycles. The Kier molecular flexibility index (Phi) is 4.33. The number of benzene rings is 2. The van der Waals surface area contributed by atoms with Crippen LogP contribution >= 0.6 is 11.6 Å². The van der Waals surface area contributed by atoms with Gasteiger partial charge in [0.25, 0.3) is 11.6 Å². The molecule has 0 aliphatic rings. The third-order valence-corrected chi connectivity index (χ3v) is 4.34. The van der Waals surface area contributed by atoms with E-state index < -0.39 is 11.7 Å². The number of carbonyl (C=O) groups is 1. The van der Waals surface area contributed by atoms with E-state index in [9.17, 15) is 9.18 Å². The summed E-state index contributed by atoms with van der Waals surface area (Å²) in [6.45, 7) is 1.71. The smallest absolute Gasteiger partial charge is 0.259 e. The summed E-state index contributed by atoms with van der Waals surface area (Å²) in [5, 5.41) is 7.26. The maximum atomic E-state index is 14.0. The second-order valence-corrected chi connectivity index (χ2v) is 6.38. The van der Waals surface area contributed by atoms with Crippen molar-refractivity contribution in [2.75, 3.05) is 5.32 Å². The number of hydrogen-bond donors (Lipinski definition) is 1. The van der Waals surface area contributed by atoms with Crippen LogP contribution in [0.4, 0.5) is 10.1 Å². The highest BCUT2D eigenvalue weighted by molar-refractivity contribution is 6.31. The van der Waals surface area contributed by atoms with Gasteiger partial charge in [-0.05, 0) is 31.2 Å². The lowest BCUT2D eigenvalue weighted by Crippen LogP contribution is -2.14. The molecule has 0 bridgehead atoms. The molecule has 0 atom stereocenters. The second-order valence-electron chi connectivity index (χ2n) is 5.95. The number of nitrogens with zero attached hydrogens (tertiary/aromatic N) is 2. The van der Waals surface area contributed by atoms with E-state index in [1.54, 1.807) is 13.0 Å². The first-order chi connectivity index (χ1) is 13.0. The van der Waals surface area contributed by atoms with Gasteiger partial charge in [0.1, 0.15) is 5.82 Å². The van der Waals surface area contributed by atoms with Crippen LogP contribution in [0.1, 0.15) is 16.1 Å². The molecule has 2 aromatic heterocycles. The van der Waals surface area contributed by atoms with Gasteiger partial charge in [-0.25, -0.2) is 9.37 Å². The zero-order valence-corrected chi connectivity index (χ0v) is 14.9. The van der Waals surface area contributed by atoms with Gasteiger partial charge in [0.15, 0.2) is 0 Å². The van der Waals surface area contributed by atoms with Gasteiger partial charge in [0, 0.05) is 10.6 Å². The quantitative estimate of drug-likeness (QED) is 0.526. The van der Waals surface area contributed by atoms with Crippen LogP contribution in [-0.2, 0) is 0 Å². The number of pyridine rings is 1. The predicted molar refractivity (Wildman–Crippen MR) is 101 cm³/mol. The molecule has 4 aromatic rings. The van der Waals surface area contributed by atoms with Crippen LogP contribution in [-0.4, -0.2) is 16.0 Å². The van der Waals surface area contributed by atoms with Gasteiger partial charge < -0.3 is 9.84 Å². The largest absolute Gasteiger partial charge is 0.335 e. The molecule has 5 nitrogen and oxygen atoms in total. The monoisotopic (exact) mass is 381 g/mol. The third-order valence-electron chi connectivity index (χ3n) is 4.11. The Labute approximate surface area is 158 Å².